The van der Waals surface area contributed by atoms with Crippen molar-refractivity contribution in [3.8, 4) is 11.8 Å². The standard InChI is InChI=1S/C27H20Cl2N2O4/c1-15(2)35-20-5-3-4-17(12-20)24-23(25(32)18-8-11-21(28)22(29)13-18)26(33)27(34)31(24)19-9-6-16(14-30)7-10-19/h3-13,15,24,32H,1-2H3/b25-23-. The van der Waals surface area contributed by atoms with Crippen LogP contribution in [-0.4, -0.2) is 22.9 Å². The van der Waals surface area contributed by atoms with Crippen molar-refractivity contribution in [3.63, 3.8) is 0 Å². The van der Waals surface area contributed by atoms with Crippen LogP contribution in [0.1, 0.15) is 36.6 Å². The highest BCUT2D eigenvalue weighted by molar-refractivity contribution is 6.51. The van der Waals surface area contributed by atoms with E-state index in [1.807, 2.05) is 19.9 Å². The third-order valence-electron chi connectivity index (χ3n) is 5.46. The van der Waals surface area contributed by atoms with E-state index in [4.69, 9.17) is 33.2 Å². The number of amides is 1. The highest BCUT2D eigenvalue weighted by Crippen LogP contribution is 2.43. The van der Waals surface area contributed by atoms with Crippen molar-refractivity contribution in [1.82, 2.24) is 0 Å². The molecule has 3 aromatic carbocycles. The van der Waals surface area contributed by atoms with E-state index < -0.39 is 17.7 Å². The lowest BCUT2D eigenvalue weighted by molar-refractivity contribution is -0.132. The van der Waals surface area contributed by atoms with Crippen LogP contribution in [0.5, 0.6) is 5.75 Å². The van der Waals surface area contributed by atoms with Crippen molar-refractivity contribution >= 4 is 46.3 Å². The third-order valence-corrected chi connectivity index (χ3v) is 6.20. The van der Waals surface area contributed by atoms with Crippen LogP contribution in [0.2, 0.25) is 10.0 Å². The minimum atomic E-state index is -0.951. The van der Waals surface area contributed by atoms with Gasteiger partial charge in [-0.1, -0.05) is 35.3 Å². The number of hydrogen-bond acceptors (Lipinski definition) is 5. The first-order valence-corrected chi connectivity index (χ1v) is 11.5. The summed E-state index contributed by atoms with van der Waals surface area (Å²) in [6.07, 6.45) is -0.0913. The molecule has 0 bridgehead atoms. The van der Waals surface area contributed by atoms with Gasteiger partial charge in [0.15, 0.2) is 0 Å². The van der Waals surface area contributed by atoms with E-state index in [9.17, 15) is 14.7 Å². The number of ether oxygens (including phenoxy) is 1. The Kier molecular flexibility index (Phi) is 6.83. The van der Waals surface area contributed by atoms with E-state index >= 15 is 0 Å². The Morgan fingerprint density at radius 2 is 1.74 bits per heavy atom. The van der Waals surface area contributed by atoms with Crippen molar-refractivity contribution < 1.29 is 19.4 Å². The zero-order valence-electron chi connectivity index (χ0n) is 18.8. The van der Waals surface area contributed by atoms with E-state index in [0.717, 1.165) is 0 Å². The van der Waals surface area contributed by atoms with Gasteiger partial charge >= 0.3 is 0 Å². The Bertz CT molecular complexity index is 1390. The zero-order chi connectivity index (χ0) is 25.3. The maximum atomic E-state index is 13.3. The Morgan fingerprint density at radius 3 is 2.37 bits per heavy atom. The maximum absolute atomic E-state index is 13.3. The molecule has 176 valence electrons. The van der Waals surface area contributed by atoms with Crippen LogP contribution in [0.4, 0.5) is 5.69 Å². The quantitative estimate of drug-likeness (QED) is 0.250. The van der Waals surface area contributed by atoms with Crippen LogP contribution in [0.3, 0.4) is 0 Å². The van der Waals surface area contributed by atoms with Crippen molar-refractivity contribution in [3.05, 3.63) is 99.0 Å². The molecule has 1 fully saturated rings. The average molecular weight is 507 g/mol. The van der Waals surface area contributed by atoms with Gasteiger partial charge in [0.25, 0.3) is 11.7 Å². The Hall–Kier alpha value is -3.79. The summed E-state index contributed by atoms with van der Waals surface area (Å²) >= 11 is 12.1. The van der Waals surface area contributed by atoms with Crippen LogP contribution in [-0.2, 0) is 9.59 Å². The fourth-order valence-electron chi connectivity index (χ4n) is 3.94. The highest BCUT2D eigenvalue weighted by atomic mass is 35.5. The molecule has 35 heavy (non-hydrogen) atoms. The van der Waals surface area contributed by atoms with Gasteiger partial charge in [0, 0.05) is 11.3 Å². The van der Waals surface area contributed by atoms with Crippen molar-refractivity contribution in [1.29, 1.82) is 5.26 Å². The van der Waals surface area contributed by atoms with E-state index in [0.29, 0.717) is 22.6 Å². The average Bonchev–Trinajstić information content (AvgIpc) is 3.10. The molecule has 6 nitrogen and oxygen atoms in total. The maximum Gasteiger partial charge on any atom is 0.300 e. The predicted molar refractivity (Wildman–Crippen MR) is 135 cm³/mol. The van der Waals surface area contributed by atoms with Crippen LogP contribution < -0.4 is 9.64 Å². The molecular weight excluding hydrogens is 487 g/mol. The second-order valence-corrected chi connectivity index (χ2v) is 9.01. The van der Waals surface area contributed by atoms with Gasteiger partial charge in [-0.05, 0) is 74.0 Å². The van der Waals surface area contributed by atoms with Crippen LogP contribution in [0, 0.1) is 11.3 Å². The van der Waals surface area contributed by atoms with Gasteiger partial charge in [0.05, 0.1) is 39.4 Å². The van der Waals surface area contributed by atoms with Gasteiger partial charge in [0.1, 0.15) is 11.5 Å². The summed E-state index contributed by atoms with van der Waals surface area (Å²) < 4.78 is 5.81. The molecule has 1 unspecified atom stereocenters. The SMILES string of the molecule is CC(C)Oc1cccc(C2/C(=C(/O)c3ccc(Cl)c(Cl)c3)C(=O)C(=O)N2c2ccc(C#N)cc2)c1. The number of rotatable bonds is 5. The molecule has 0 spiro atoms. The van der Waals surface area contributed by atoms with Gasteiger partial charge in [-0.15, -0.1) is 0 Å². The number of benzene rings is 3. The molecule has 0 aliphatic carbocycles. The number of Topliss-reactive ketones (excluding diaryl/α,β-unsaturated/α-hetero) is 1. The number of aliphatic hydroxyl groups excluding tert-OH is 1. The van der Waals surface area contributed by atoms with Gasteiger partial charge in [-0.25, -0.2) is 0 Å². The first-order valence-electron chi connectivity index (χ1n) is 10.7. The lowest BCUT2D eigenvalue weighted by Crippen LogP contribution is -2.29. The number of halogens is 2. The lowest BCUT2D eigenvalue weighted by Gasteiger charge is -2.26. The number of aliphatic hydroxyl groups is 1. The molecule has 1 amide bonds. The first-order chi connectivity index (χ1) is 16.7. The molecular formula is C27H20Cl2N2O4. The van der Waals surface area contributed by atoms with Gasteiger partial charge in [-0.2, -0.15) is 5.26 Å². The molecule has 1 N–H and O–H groups in total. The van der Waals surface area contributed by atoms with E-state index in [1.165, 1.54) is 23.1 Å². The molecule has 0 radical (unpaired) electrons. The Balaban J connectivity index is 1.93. The fraction of sp³-hybridized carbons (Fsp3) is 0.148. The number of anilines is 1. The lowest BCUT2D eigenvalue weighted by atomic mass is 9.95. The molecule has 1 aliphatic rings. The smallest absolute Gasteiger partial charge is 0.300 e. The summed E-state index contributed by atoms with van der Waals surface area (Å²) in [4.78, 5) is 27.8. The molecule has 1 atom stereocenters. The number of ketones is 1. The summed E-state index contributed by atoms with van der Waals surface area (Å²) in [5, 5.41) is 20.8. The van der Waals surface area contributed by atoms with Gasteiger partial charge < -0.3 is 9.84 Å². The number of hydrogen-bond donors (Lipinski definition) is 1. The van der Waals surface area contributed by atoms with Crippen molar-refractivity contribution in [2.45, 2.75) is 26.0 Å². The topological polar surface area (TPSA) is 90.6 Å². The number of carbonyl (C=O) groups excluding carboxylic acids is 2. The van der Waals surface area contributed by atoms with E-state index in [-0.39, 0.29) is 33.0 Å². The summed E-state index contributed by atoms with van der Waals surface area (Å²) in [6, 6.07) is 18.8. The minimum Gasteiger partial charge on any atom is -0.507 e. The molecule has 0 saturated carbocycles. The second-order valence-electron chi connectivity index (χ2n) is 8.20. The molecule has 1 aliphatic heterocycles. The van der Waals surface area contributed by atoms with Crippen molar-refractivity contribution in [2.75, 3.05) is 4.90 Å². The number of nitriles is 1. The van der Waals surface area contributed by atoms with Gasteiger partial charge in [-0.3, -0.25) is 14.5 Å². The molecule has 0 aromatic heterocycles. The summed E-state index contributed by atoms with van der Waals surface area (Å²) in [6.45, 7) is 3.78. The monoisotopic (exact) mass is 506 g/mol. The third kappa shape index (κ3) is 4.74. The molecule has 3 aromatic rings. The summed E-state index contributed by atoms with van der Waals surface area (Å²) in [5.41, 5.74) is 1.52. The van der Waals surface area contributed by atoms with Crippen LogP contribution in [0.15, 0.2) is 72.3 Å². The first kappa shape index (κ1) is 24.3. The van der Waals surface area contributed by atoms with Crippen molar-refractivity contribution in [2.24, 2.45) is 0 Å². The number of nitrogens with zero attached hydrogens (tertiary/aromatic N) is 2. The Morgan fingerprint density at radius 1 is 1.03 bits per heavy atom. The number of carbonyl (C=O) groups is 2. The van der Waals surface area contributed by atoms with Gasteiger partial charge in [0.2, 0.25) is 0 Å². The summed E-state index contributed by atoms with van der Waals surface area (Å²) in [5.74, 6) is -1.48. The molecule has 1 saturated heterocycles. The zero-order valence-corrected chi connectivity index (χ0v) is 20.3. The minimum absolute atomic E-state index is 0.0913. The highest BCUT2D eigenvalue weighted by Gasteiger charge is 2.47. The van der Waals surface area contributed by atoms with Crippen LogP contribution in [0.25, 0.3) is 5.76 Å². The van der Waals surface area contributed by atoms with E-state index in [1.54, 1.807) is 48.5 Å². The van der Waals surface area contributed by atoms with Crippen LogP contribution >= 0.6 is 23.2 Å². The largest absolute Gasteiger partial charge is 0.507 e. The fourth-order valence-corrected chi connectivity index (χ4v) is 4.24. The molecule has 4 rings (SSSR count). The molecule has 1 heterocycles. The second kappa shape index (κ2) is 9.83. The Labute approximate surface area is 212 Å². The molecule has 8 heteroatoms. The van der Waals surface area contributed by atoms with E-state index in [2.05, 4.69) is 0 Å². The predicted octanol–water partition coefficient (Wildman–Crippen LogP) is 6.28. The normalized spacial score (nSPS) is 17.0. The summed E-state index contributed by atoms with van der Waals surface area (Å²) in [7, 11) is 0.